The Labute approximate surface area is 198 Å². The molecule has 2 aromatic carbocycles. The van der Waals surface area contributed by atoms with Gasteiger partial charge in [-0.05, 0) is 37.3 Å². The van der Waals surface area contributed by atoms with Crippen molar-refractivity contribution < 1.29 is 22.7 Å². The quantitative estimate of drug-likeness (QED) is 0.414. The highest BCUT2D eigenvalue weighted by Crippen LogP contribution is 2.26. The molecule has 3 rings (SSSR count). The number of carbonyl (C=O) groups excluding carboxylic acids is 1. The number of sulfonamides is 1. The van der Waals surface area contributed by atoms with Crippen LogP contribution in [0.1, 0.15) is 17.3 Å². The number of halogens is 2. The molecule has 13 heteroatoms. The van der Waals surface area contributed by atoms with E-state index in [1.165, 1.54) is 25.3 Å². The zero-order valence-corrected chi connectivity index (χ0v) is 20.0. The number of amides is 1. The number of hydrogen-bond acceptors (Lipinski definition) is 8. The van der Waals surface area contributed by atoms with Crippen molar-refractivity contribution in [3.63, 3.8) is 0 Å². The third-order valence-corrected chi connectivity index (χ3v) is 7.29. The van der Waals surface area contributed by atoms with Crippen molar-refractivity contribution in [3.05, 3.63) is 58.1 Å². The van der Waals surface area contributed by atoms with Crippen LogP contribution in [0.15, 0.2) is 46.8 Å². The number of hydrogen-bond donors (Lipinski definition) is 2. The van der Waals surface area contributed by atoms with Crippen LogP contribution in [0.4, 0.5) is 5.13 Å². The Bertz CT molecular complexity index is 1220. The number of nitrogens with zero attached hydrogens (tertiary/aromatic N) is 2. The summed E-state index contributed by atoms with van der Waals surface area (Å²) in [5.41, 5.74) is 0.163. The van der Waals surface area contributed by atoms with Gasteiger partial charge in [-0.25, -0.2) is 13.1 Å². The highest BCUT2D eigenvalue weighted by molar-refractivity contribution is 7.91. The molecular formula is C19H18Cl2N4O5S2. The van der Waals surface area contributed by atoms with Crippen LogP contribution in [-0.4, -0.2) is 44.3 Å². The second kappa shape index (κ2) is 10.5. The molecule has 0 fully saturated rings. The van der Waals surface area contributed by atoms with Gasteiger partial charge in [-0.15, -0.1) is 10.2 Å². The first kappa shape index (κ1) is 24.2. The first-order chi connectivity index (χ1) is 15.2. The Morgan fingerprint density at radius 2 is 1.88 bits per heavy atom. The Hall–Kier alpha value is -2.44. The average molecular weight is 517 g/mol. The monoisotopic (exact) mass is 516 g/mol. The molecule has 9 nitrogen and oxygen atoms in total. The highest BCUT2D eigenvalue weighted by Gasteiger charge is 2.24. The molecule has 170 valence electrons. The second-order valence-electron chi connectivity index (χ2n) is 6.44. The van der Waals surface area contributed by atoms with Crippen LogP contribution < -0.4 is 19.5 Å². The number of rotatable bonds is 9. The number of anilines is 1. The lowest BCUT2D eigenvalue weighted by Crippen LogP contribution is -2.36. The number of ether oxygens (including phenoxy) is 2. The molecule has 1 aromatic heterocycles. The van der Waals surface area contributed by atoms with E-state index in [1.54, 1.807) is 31.2 Å². The molecule has 0 aliphatic heterocycles. The topological polar surface area (TPSA) is 120 Å². The van der Waals surface area contributed by atoms with E-state index in [0.717, 1.165) is 0 Å². The van der Waals surface area contributed by atoms with Gasteiger partial charge in [0.1, 0.15) is 6.61 Å². The predicted octanol–water partition coefficient (Wildman–Crippen LogP) is 3.85. The van der Waals surface area contributed by atoms with Crippen LogP contribution in [0.25, 0.3) is 0 Å². The molecule has 1 atom stereocenters. The number of carbonyl (C=O) groups is 1. The molecule has 0 bridgehead atoms. The Balaban J connectivity index is 1.62. The van der Waals surface area contributed by atoms with Crippen molar-refractivity contribution in [3.8, 4) is 11.5 Å². The Morgan fingerprint density at radius 3 is 2.56 bits per heavy atom. The SMILES string of the molecule is COc1ccccc1OC[C@H](C)NS(=O)(=O)c1nnc(NC(=O)c2ccc(Cl)cc2Cl)s1. The molecular weight excluding hydrogens is 499 g/mol. The molecule has 0 saturated heterocycles. The maximum atomic E-state index is 12.6. The van der Waals surface area contributed by atoms with Crippen LogP contribution >= 0.6 is 34.5 Å². The van der Waals surface area contributed by atoms with Crippen molar-refractivity contribution >= 4 is 55.6 Å². The smallest absolute Gasteiger partial charge is 0.270 e. The summed E-state index contributed by atoms with van der Waals surface area (Å²) in [7, 11) is -2.47. The van der Waals surface area contributed by atoms with Crippen molar-refractivity contribution in [1.82, 2.24) is 14.9 Å². The lowest BCUT2D eigenvalue weighted by molar-refractivity contribution is 0.102. The van der Waals surface area contributed by atoms with Crippen molar-refractivity contribution in [1.29, 1.82) is 0 Å². The number of benzene rings is 2. The largest absolute Gasteiger partial charge is 0.493 e. The van der Waals surface area contributed by atoms with Gasteiger partial charge in [-0.2, -0.15) is 0 Å². The number of methoxy groups -OCH3 is 1. The standard InChI is InChI=1S/C19H18Cl2N4O5S2/c1-11(10-30-16-6-4-3-5-15(16)29-2)25-32(27,28)19-24-23-18(31-19)22-17(26)13-8-7-12(20)9-14(13)21/h3-9,11,25H,10H2,1-2H3,(H,22,23,26)/t11-/m0/s1. The minimum atomic E-state index is -3.98. The summed E-state index contributed by atoms with van der Waals surface area (Å²) >= 11 is 12.5. The molecule has 1 heterocycles. The van der Waals surface area contributed by atoms with E-state index < -0.39 is 22.0 Å². The Kier molecular flexibility index (Phi) is 7.91. The maximum Gasteiger partial charge on any atom is 0.270 e. The number of aromatic nitrogens is 2. The fraction of sp³-hybridized carbons (Fsp3) is 0.211. The minimum Gasteiger partial charge on any atom is -0.493 e. The number of nitrogens with one attached hydrogen (secondary N) is 2. The molecule has 0 unspecified atom stereocenters. The molecule has 0 radical (unpaired) electrons. The van der Waals surface area contributed by atoms with Gasteiger partial charge < -0.3 is 9.47 Å². The molecule has 3 aromatic rings. The summed E-state index contributed by atoms with van der Waals surface area (Å²) in [6, 6.07) is 10.8. The van der Waals surface area contributed by atoms with Crippen LogP contribution in [0.3, 0.4) is 0 Å². The summed E-state index contributed by atoms with van der Waals surface area (Å²) in [6.45, 7) is 1.69. The van der Waals surface area contributed by atoms with Gasteiger partial charge in [0.15, 0.2) is 11.5 Å². The lowest BCUT2D eigenvalue weighted by Gasteiger charge is -2.15. The summed E-state index contributed by atoms with van der Waals surface area (Å²) in [4.78, 5) is 12.4. The van der Waals surface area contributed by atoms with E-state index in [4.69, 9.17) is 32.7 Å². The summed E-state index contributed by atoms with van der Waals surface area (Å²) in [6.07, 6.45) is 0. The molecule has 1 amide bonds. The number of para-hydroxylation sites is 2. The minimum absolute atomic E-state index is 0.000633. The zero-order valence-electron chi connectivity index (χ0n) is 16.8. The average Bonchev–Trinajstić information content (AvgIpc) is 3.21. The fourth-order valence-corrected chi connectivity index (χ4v) is 5.14. The van der Waals surface area contributed by atoms with Crippen molar-refractivity contribution in [2.24, 2.45) is 0 Å². The van der Waals surface area contributed by atoms with Gasteiger partial charge in [0.2, 0.25) is 9.47 Å². The van der Waals surface area contributed by atoms with Gasteiger partial charge in [-0.1, -0.05) is 46.7 Å². The molecule has 0 spiro atoms. The lowest BCUT2D eigenvalue weighted by atomic mass is 10.2. The van der Waals surface area contributed by atoms with Crippen LogP contribution in [-0.2, 0) is 10.0 Å². The van der Waals surface area contributed by atoms with E-state index in [2.05, 4.69) is 20.2 Å². The highest BCUT2D eigenvalue weighted by atomic mass is 35.5. The summed E-state index contributed by atoms with van der Waals surface area (Å²) in [5, 5.41) is 10.4. The fourth-order valence-electron chi connectivity index (χ4n) is 2.51. The third kappa shape index (κ3) is 6.08. The summed E-state index contributed by atoms with van der Waals surface area (Å²) in [5.74, 6) is 0.453. The van der Waals surface area contributed by atoms with Gasteiger partial charge in [0, 0.05) is 5.02 Å². The van der Waals surface area contributed by atoms with Gasteiger partial charge >= 0.3 is 0 Å². The Morgan fingerprint density at radius 1 is 1.16 bits per heavy atom. The maximum absolute atomic E-state index is 12.6. The zero-order chi connectivity index (χ0) is 23.3. The third-order valence-electron chi connectivity index (χ3n) is 3.95. The van der Waals surface area contributed by atoms with Crippen LogP contribution in [0.5, 0.6) is 11.5 Å². The van der Waals surface area contributed by atoms with E-state index in [9.17, 15) is 13.2 Å². The molecule has 32 heavy (non-hydrogen) atoms. The van der Waals surface area contributed by atoms with E-state index in [0.29, 0.717) is 27.9 Å². The van der Waals surface area contributed by atoms with Gasteiger partial charge in [-0.3, -0.25) is 10.1 Å². The first-order valence-electron chi connectivity index (χ1n) is 9.07. The first-order valence-corrected chi connectivity index (χ1v) is 12.1. The molecule has 0 aliphatic carbocycles. The molecule has 2 N–H and O–H groups in total. The van der Waals surface area contributed by atoms with Crippen molar-refractivity contribution in [2.45, 2.75) is 17.3 Å². The van der Waals surface area contributed by atoms with Gasteiger partial charge in [0.25, 0.3) is 15.9 Å². The van der Waals surface area contributed by atoms with Crippen LogP contribution in [0.2, 0.25) is 10.0 Å². The van der Waals surface area contributed by atoms with E-state index >= 15 is 0 Å². The summed E-state index contributed by atoms with van der Waals surface area (Å²) < 4.78 is 38.2. The molecule has 0 aliphatic rings. The normalized spacial score (nSPS) is 12.2. The van der Waals surface area contributed by atoms with E-state index in [1.807, 2.05) is 0 Å². The predicted molar refractivity (Wildman–Crippen MR) is 123 cm³/mol. The molecule has 0 saturated carbocycles. The van der Waals surface area contributed by atoms with Gasteiger partial charge in [0.05, 0.1) is 23.7 Å². The van der Waals surface area contributed by atoms with E-state index in [-0.39, 0.29) is 26.7 Å². The van der Waals surface area contributed by atoms with Crippen LogP contribution in [0, 0.1) is 0 Å². The second-order valence-corrected chi connectivity index (χ2v) is 10.1. The van der Waals surface area contributed by atoms with Crippen molar-refractivity contribution in [2.75, 3.05) is 19.0 Å².